The molecule has 4 heteroatoms. The van der Waals surface area contributed by atoms with Gasteiger partial charge in [-0.1, -0.05) is 60.7 Å². The fraction of sp³-hybridized carbons (Fsp3) is 0.222. The van der Waals surface area contributed by atoms with Crippen molar-refractivity contribution >= 4 is 11.9 Å². The summed E-state index contributed by atoms with van der Waals surface area (Å²) < 4.78 is 0. The monoisotopic (exact) mass is 298 g/mol. The predicted molar refractivity (Wildman–Crippen MR) is 81.7 cm³/mol. The Hall–Kier alpha value is -2.62. The minimum atomic E-state index is -0.545. The van der Waals surface area contributed by atoms with Crippen molar-refractivity contribution < 1.29 is 19.4 Å². The van der Waals surface area contributed by atoms with E-state index in [1.54, 1.807) is 0 Å². The van der Waals surface area contributed by atoms with E-state index in [-0.39, 0.29) is 12.8 Å². The highest BCUT2D eigenvalue weighted by Crippen LogP contribution is 2.05. The second kappa shape index (κ2) is 8.62. The van der Waals surface area contributed by atoms with Crippen LogP contribution in [-0.4, -0.2) is 11.9 Å². The van der Waals surface area contributed by atoms with Crippen LogP contribution in [0.4, 0.5) is 0 Å². The van der Waals surface area contributed by atoms with Crippen molar-refractivity contribution in [1.29, 1.82) is 0 Å². The van der Waals surface area contributed by atoms with Gasteiger partial charge in [0, 0.05) is 0 Å². The average molecular weight is 298 g/mol. The summed E-state index contributed by atoms with van der Waals surface area (Å²) in [7, 11) is 0. The van der Waals surface area contributed by atoms with Crippen molar-refractivity contribution in [1.82, 2.24) is 0 Å². The maximum Gasteiger partial charge on any atom is 0.355 e. The molecule has 22 heavy (non-hydrogen) atoms. The van der Waals surface area contributed by atoms with E-state index < -0.39 is 11.9 Å². The Morgan fingerprint density at radius 1 is 0.636 bits per heavy atom. The number of rotatable bonds is 6. The van der Waals surface area contributed by atoms with Crippen LogP contribution in [0.2, 0.25) is 0 Å². The van der Waals surface area contributed by atoms with Crippen LogP contribution in [-0.2, 0) is 32.2 Å². The molecule has 0 aliphatic heterocycles. The number of hydrogen-bond donors (Lipinski definition) is 0. The van der Waals surface area contributed by atoms with Crippen LogP contribution in [0.15, 0.2) is 60.7 Å². The third-order valence-corrected chi connectivity index (χ3v) is 3.15. The molecule has 0 atom stereocenters. The predicted octanol–water partition coefficient (Wildman–Crippen LogP) is 3.25. The largest absolute Gasteiger partial charge is 0.355 e. The molecule has 0 amide bonds. The minimum absolute atomic E-state index is 0.177. The van der Waals surface area contributed by atoms with Crippen molar-refractivity contribution in [2.24, 2.45) is 0 Å². The number of hydrogen-bond acceptors (Lipinski definition) is 4. The number of carbonyl (C=O) groups excluding carboxylic acids is 2. The first kappa shape index (κ1) is 15.8. The summed E-state index contributed by atoms with van der Waals surface area (Å²) in [5, 5.41) is 0. The molecule has 0 aliphatic rings. The van der Waals surface area contributed by atoms with Gasteiger partial charge in [0.15, 0.2) is 0 Å². The number of carbonyl (C=O) groups is 2. The summed E-state index contributed by atoms with van der Waals surface area (Å²) in [6, 6.07) is 19.2. The molecule has 4 nitrogen and oxygen atoms in total. The summed E-state index contributed by atoms with van der Waals surface area (Å²) in [6.45, 7) is 0. The van der Waals surface area contributed by atoms with Gasteiger partial charge in [0.2, 0.25) is 0 Å². The van der Waals surface area contributed by atoms with Crippen LogP contribution in [0, 0.1) is 0 Å². The van der Waals surface area contributed by atoms with Gasteiger partial charge in [-0.05, 0) is 24.0 Å². The number of benzene rings is 2. The van der Waals surface area contributed by atoms with Gasteiger partial charge in [0.25, 0.3) is 0 Å². The van der Waals surface area contributed by atoms with Gasteiger partial charge >= 0.3 is 11.9 Å². The fourth-order valence-corrected chi connectivity index (χ4v) is 1.96. The maximum atomic E-state index is 11.5. The lowest BCUT2D eigenvalue weighted by molar-refractivity contribution is -0.259. The summed E-state index contributed by atoms with van der Waals surface area (Å²) >= 11 is 0. The molecular formula is C18H18O4. The van der Waals surface area contributed by atoms with E-state index in [9.17, 15) is 9.59 Å². The SMILES string of the molecule is O=C(CCc1ccccc1)OOC(=O)CCc1ccccc1. The molecule has 0 aliphatic carbocycles. The fourth-order valence-electron chi connectivity index (χ4n) is 1.96. The standard InChI is InChI=1S/C18H18O4/c19-17(13-11-15-7-3-1-4-8-15)21-22-18(20)14-12-16-9-5-2-6-10-16/h1-10H,11-14H2. The van der Waals surface area contributed by atoms with Crippen molar-refractivity contribution in [2.75, 3.05) is 0 Å². The van der Waals surface area contributed by atoms with E-state index in [0.717, 1.165) is 11.1 Å². The molecule has 0 fully saturated rings. The highest BCUT2D eigenvalue weighted by molar-refractivity contribution is 5.73. The molecule has 2 rings (SSSR count). The Kier molecular flexibility index (Phi) is 6.18. The third kappa shape index (κ3) is 5.79. The molecule has 0 aromatic heterocycles. The van der Waals surface area contributed by atoms with Crippen molar-refractivity contribution in [2.45, 2.75) is 25.7 Å². The minimum Gasteiger partial charge on any atom is -0.247 e. The molecule has 0 saturated carbocycles. The highest BCUT2D eigenvalue weighted by atomic mass is 17.2. The quantitative estimate of drug-likeness (QED) is 0.607. The zero-order valence-electron chi connectivity index (χ0n) is 12.2. The first-order chi connectivity index (χ1) is 10.7. The Morgan fingerprint density at radius 2 is 1.00 bits per heavy atom. The summed E-state index contributed by atoms with van der Waals surface area (Å²) in [5.74, 6) is -1.09. The molecule has 0 N–H and O–H groups in total. The van der Waals surface area contributed by atoms with Crippen LogP contribution < -0.4 is 0 Å². The number of aryl methyl sites for hydroxylation is 2. The molecular weight excluding hydrogens is 280 g/mol. The van der Waals surface area contributed by atoms with Crippen molar-refractivity contribution in [3.63, 3.8) is 0 Å². The molecule has 0 heterocycles. The second-order valence-corrected chi connectivity index (χ2v) is 4.88. The van der Waals surface area contributed by atoms with E-state index in [2.05, 4.69) is 9.78 Å². The average Bonchev–Trinajstić information content (AvgIpc) is 2.58. The van der Waals surface area contributed by atoms with Crippen LogP contribution in [0.25, 0.3) is 0 Å². The first-order valence-electron chi connectivity index (χ1n) is 7.22. The highest BCUT2D eigenvalue weighted by Gasteiger charge is 2.10. The lowest BCUT2D eigenvalue weighted by Crippen LogP contribution is -2.12. The topological polar surface area (TPSA) is 52.6 Å². The van der Waals surface area contributed by atoms with Crippen LogP contribution in [0.5, 0.6) is 0 Å². The smallest absolute Gasteiger partial charge is 0.247 e. The zero-order chi connectivity index (χ0) is 15.6. The third-order valence-electron chi connectivity index (χ3n) is 3.15. The molecule has 2 aromatic rings. The lowest BCUT2D eigenvalue weighted by atomic mass is 10.1. The summed E-state index contributed by atoms with van der Waals surface area (Å²) in [5.41, 5.74) is 2.07. The van der Waals surface area contributed by atoms with E-state index >= 15 is 0 Å². The Bertz CT molecular complexity index is 537. The van der Waals surface area contributed by atoms with Crippen LogP contribution in [0.1, 0.15) is 24.0 Å². The van der Waals surface area contributed by atoms with Gasteiger partial charge in [-0.2, -0.15) is 0 Å². The Labute approximate surface area is 129 Å². The van der Waals surface area contributed by atoms with E-state index in [4.69, 9.17) is 0 Å². The van der Waals surface area contributed by atoms with E-state index in [0.29, 0.717) is 12.8 Å². The summed E-state index contributed by atoms with van der Waals surface area (Å²) in [4.78, 5) is 32.0. The Balaban J connectivity index is 1.62. The molecule has 0 radical (unpaired) electrons. The van der Waals surface area contributed by atoms with Gasteiger partial charge in [-0.25, -0.2) is 19.4 Å². The van der Waals surface area contributed by atoms with Gasteiger partial charge in [-0.15, -0.1) is 0 Å². The molecule has 0 saturated heterocycles. The van der Waals surface area contributed by atoms with E-state index in [1.807, 2.05) is 60.7 Å². The normalized spacial score (nSPS) is 10.0. The maximum absolute atomic E-state index is 11.5. The van der Waals surface area contributed by atoms with Gasteiger partial charge in [0.1, 0.15) is 0 Å². The van der Waals surface area contributed by atoms with Crippen molar-refractivity contribution in [3.8, 4) is 0 Å². The molecule has 0 spiro atoms. The van der Waals surface area contributed by atoms with Gasteiger partial charge in [-0.3, -0.25) is 0 Å². The van der Waals surface area contributed by atoms with Gasteiger partial charge < -0.3 is 0 Å². The Morgan fingerprint density at radius 3 is 1.36 bits per heavy atom. The molecule has 2 aromatic carbocycles. The van der Waals surface area contributed by atoms with Crippen LogP contribution >= 0.6 is 0 Å². The second-order valence-electron chi connectivity index (χ2n) is 4.88. The zero-order valence-corrected chi connectivity index (χ0v) is 12.2. The first-order valence-corrected chi connectivity index (χ1v) is 7.22. The molecule has 0 bridgehead atoms. The summed E-state index contributed by atoms with van der Waals surface area (Å²) in [6.07, 6.45) is 1.47. The molecule has 0 unspecified atom stereocenters. The van der Waals surface area contributed by atoms with Crippen LogP contribution in [0.3, 0.4) is 0 Å². The van der Waals surface area contributed by atoms with Gasteiger partial charge in [0.05, 0.1) is 12.8 Å². The van der Waals surface area contributed by atoms with Crippen molar-refractivity contribution in [3.05, 3.63) is 71.8 Å². The van der Waals surface area contributed by atoms with E-state index in [1.165, 1.54) is 0 Å². The molecule has 114 valence electrons. The lowest BCUT2D eigenvalue weighted by Gasteiger charge is -2.04.